The Balaban J connectivity index is 1.87. The van der Waals surface area contributed by atoms with Crippen LogP contribution in [0.15, 0.2) is 48.5 Å². The fraction of sp³-hybridized carbons (Fsp3) is 0.0667. The van der Waals surface area contributed by atoms with Crippen LogP contribution in [0.1, 0.15) is 11.1 Å². The summed E-state index contributed by atoms with van der Waals surface area (Å²) in [5, 5.41) is 21.2. The van der Waals surface area contributed by atoms with Crippen molar-refractivity contribution in [3.63, 3.8) is 0 Å². The first-order chi connectivity index (χ1) is 10.3. The van der Waals surface area contributed by atoms with Crippen molar-refractivity contribution in [3.8, 4) is 17.5 Å². The molecular weight excluding hydrogens is 269 g/mol. The van der Waals surface area contributed by atoms with Crippen LogP contribution >= 0.6 is 0 Å². The number of rotatable bonds is 3. The number of benzene rings is 2. The maximum Gasteiger partial charge on any atom is 0.204 e. The van der Waals surface area contributed by atoms with E-state index in [4.69, 9.17) is 5.26 Å². The highest BCUT2D eigenvalue weighted by atomic mass is 19.1. The van der Waals surface area contributed by atoms with Gasteiger partial charge < -0.3 is 0 Å². The Morgan fingerprint density at radius 2 is 1.95 bits per heavy atom. The van der Waals surface area contributed by atoms with Crippen LogP contribution in [0.4, 0.5) is 4.39 Å². The molecule has 0 fully saturated rings. The van der Waals surface area contributed by atoms with Gasteiger partial charge in [0.15, 0.2) is 0 Å². The summed E-state index contributed by atoms with van der Waals surface area (Å²) < 4.78 is 13.1. The molecule has 0 aliphatic carbocycles. The predicted octanol–water partition coefficient (Wildman–Crippen LogP) is 2.40. The summed E-state index contributed by atoms with van der Waals surface area (Å²) in [4.78, 5) is 1.39. The molecule has 0 saturated carbocycles. The molecule has 0 spiro atoms. The van der Waals surface area contributed by atoms with Crippen LogP contribution in [0, 0.1) is 17.1 Å². The van der Waals surface area contributed by atoms with Gasteiger partial charge in [-0.15, -0.1) is 10.2 Å². The summed E-state index contributed by atoms with van der Waals surface area (Å²) in [6.07, 6.45) is 0. The van der Waals surface area contributed by atoms with Crippen molar-refractivity contribution in [2.75, 3.05) is 0 Å². The smallest absolute Gasteiger partial charge is 0.204 e. The van der Waals surface area contributed by atoms with E-state index in [1.807, 2.05) is 36.4 Å². The second-order valence-electron chi connectivity index (χ2n) is 4.42. The number of nitriles is 1. The van der Waals surface area contributed by atoms with E-state index < -0.39 is 5.82 Å². The Morgan fingerprint density at radius 1 is 1.14 bits per heavy atom. The van der Waals surface area contributed by atoms with Gasteiger partial charge in [-0.3, -0.25) is 0 Å². The van der Waals surface area contributed by atoms with Crippen molar-refractivity contribution >= 4 is 0 Å². The van der Waals surface area contributed by atoms with Crippen molar-refractivity contribution in [3.05, 3.63) is 65.5 Å². The van der Waals surface area contributed by atoms with E-state index in [2.05, 4.69) is 15.4 Å². The van der Waals surface area contributed by atoms with E-state index in [0.29, 0.717) is 11.4 Å². The maximum absolute atomic E-state index is 13.1. The van der Waals surface area contributed by atoms with Gasteiger partial charge in [-0.1, -0.05) is 36.4 Å². The molecule has 3 rings (SSSR count). The molecule has 102 valence electrons. The van der Waals surface area contributed by atoms with Gasteiger partial charge in [0.2, 0.25) is 5.82 Å². The molecule has 0 aliphatic rings. The maximum atomic E-state index is 13.1. The molecule has 0 bridgehead atoms. The Labute approximate surface area is 120 Å². The van der Waals surface area contributed by atoms with Crippen molar-refractivity contribution < 1.29 is 4.39 Å². The molecule has 0 N–H and O–H groups in total. The van der Waals surface area contributed by atoms with Gasteiger partial charge in [0.1, 0.15) is 5.82 Å². The molecule has 3 aromatic rings. The van der Waals surface area contributed by atoms with Gasteiger partial charge in [-0.05, 0) is 22.9 Å². The second kappa shape index (κ2) is 5.51. The second-order valence-corrected chi connectivity index (χ2v) is 4.42. The number of nitrogens with zero attached hydrogens (tertiary/aromatic N) is 5. The minimum absolute atomic E-state index is 0.267. The van der Waals surface area contributed by atoms with E-state index in [-0.39, 0.29) is 12.1 Å². The van der Waals surface area contributed by atoms with Gasteiger partial charge in [0, 0.05) is 5.56 Å². The molecule has 21 heavy (non-hydrogen) atoms. The van der Waals surface area contributed by atoms with Crippen LogP contribution in [0.5, 0.6) is 0 Å². The minimum atomic E-state index is -0.438. The molecule has 0 saturated heterocycles. The zero-order chi connectivity index (χ0) is 14.7. The lowest BCUT2D eigenvalue weighted by Crippen LogP contribution is -2.06. The van der Waals surface area contributed by atoms with Crippen LogP contribution in [-0.2, 0) is 6.54 Å². The topological polar surface area (TPSA) is 67.4 Å². The third-order valence-electron chi connectivity index (χ3n) is 2.99. The lowest BCUT2D eigenvalue weighted by molar-refractivity contribution is 0.569. The van der Waals surface area contributed by atoms with Crippen LogP contribution in [0.2, 0.25) is 0 Å². The molecule has 6 heteroatoms. The normalized spacial score (nSPS) is 10.3. The summed E-state index contributed by atoms with van der Waals surface area (Å²) in [5.74, 6) is 0.0723. The van der Waals surface area contributed by atoms with Crippen molar-refractivity contribution in [1.82, 2.24) is 20.2 Å². The Bertz CT molecular complexity index is 804. The summed E-state index contributed by atoms with van der Waals surface area (Å²) in [6.45, 7) is 0.267. The van der Waals surface area contributed by atoms with Crippen molar-refractivity contribution in [2.24, 2.45) is 0 Å². The van der Waals surface area contributed by atoms with Gasteiger partial charge in [0.25, 0.3) is 0 Å². The fourth-order valence-corrected chi connectivity index (χ4v) is 1.96. The number of hydrogen-bond acceptors (Lipinski definition) is 4. The summed E-state index contributed by atoms with van der Waals surface area (Å²) in [7, 11) is 0. The lowest BCUT2D eigenvalue weighted by Gasteiger charge is -2.02. The standard InChI is InChI=1S/C15H10FN5/c16-14-7-6-12(13(8-14)9-17)10-21-19-15(18-20-21)11-4-2-1-3-5-11/h1-8H,10H2. The van der Waals surface area contributed by atoms with E-state index in [0.717, 1.165) is 5.56 Å². The van der Waals surface area contributed by atoms with E-state index in [9.17, 15) is 4.39 Å². The van der Waals surface area contributed by atoms with Crippen molar-refractivity contribution in [1.29, 1.82) is 5.26 Å². The first-order valence-electron chi connectivity index (χ1n) is 6.28. The molecular formula is C15H10FN5. The summed E-state index contributed by atoms with van der Waals surface area (Å²) >= 11 is 0. The molecule has 2 aromatic carbocycles. The van der Waals surface area contributed by atoms with Crippen LogP contribution in [0.25, 0.3) is 11.4 Å². The van der Waals surface area contributed by atoms with Crippen LogP contribution in [0.3, 0.4) is 0 Å². The zero-order valence-electron chi connectivity index (χ0n) is 10.9. The lowest BCUT2D eigenvalue weighted by atomic mass is 10.1. The third kappa shape index (κ3) is 2.77. The van der Waals surface area contributed by atoms with E-state index >= 15 is 0 Å². The highest BCUT2D eigenvalue weighted by molar-refractivity contribution is 5.53. The van der Waals surface area contributed by atoms with E-state index in [1.165, 1.54) is 16.9 Å². The average molecular weight is 279 g/mol. The quantitative estimate of drug-likeness (QED) is 0.738. The number of halogens is 1. The molecule has 0 atom stereocenters. The minimum Gasteiger partial charge on any atom is -0.207 e. The molecule has 1 heterocycles. The first-order valence-corrected chi connectivity index (χ1v) is 6.28. The van der Waals surface area contributed by atoms with Gasteiger partial charge in [-0.2, -0.15) is 10.1 Å². The SMILES string of the molecule is N#Cc1cc(F)ccc1Cn1nnc(-c2ccccc2)n1. The Morgan fingerprint density at radius 3 is 2.71 bits per heavy atom. The molecule has 0 aliphatic heterocycles. The van der Waals surface area contributed by atoms with Crippen LogP contribution < -0.4 is 0 Å². The average Bonchev–Trinajstić information content (AvgIpc) is 2.98. The number of hydrogen-bond donors (Lipinski definition) is 0. The molecule has 0 radical (unpaired) electrons. The predicted molar refractivity (Wildman–Crippen MR) is 73.5 cm³/mol. The molecule has 1 aromatic heterocycles. The first kappa shape index (κ1) is 12.9. The Hall–Kier alpha value is -3.07. The fourth-order valence-electron chi connectivity index (χ4n) is 1.96. The molecule has 0 unspecified atom stereocenters. The van der Waals surface area contributed by atoms with Gasteiger partial charge in [-0.25, -0.2) is 4.39 Å². The highest BCUT2D eigenvalue weighted by Gasteiger charge is 2.09. The monoisotopic (exact) mass is 279 g/mol. The van der Waals surface area contributed by atoms with Crippen molar-refractivity contribution in [2.45, 2.75) is 6.54 Å². The Kier molecular flexibility index (Phi) is 3.39. The summed E-state index contributed by atoms with van der Waals surface area (Å²) in [5.41, 5.74) is 1.79. The van der Waals surface area contributed by atoms with Crippen LogP contribution in [-0.4, -0.2) is 20.2 Å². The third-order valence-corrected chi connectivity index (χ3v) is 2.99. The van der Waals surface area contributed by atoms with E-state index in [1.54, 1.807) is 6.07 Å². The number of aromatic nitrogens is 4. The number of tetrazole rings is 1. The largest absolute Gasteiger partial charge is 0.207 e. The molecule has 5 nitrogen and oxygen atoms in total. The van der Waals surface area contributed by atoms with Gasteiger partial charge in [0.05, 0.1) is 18.2 Å². The summed E-state index contributed by atoms with van der Waals surface area (Å²) in [6, 6.07) is 15.5. The molecule has 0 amide bonds. The zero-order valence-corrected chi connectivity index (χ0v) is 10.9. The highest BCUT2D eigenvalue weighted by Crippen LogP contribution is 2.14. The van der Waals surface area contributed by atoms with Gasteiger partial charge >= 0.3 is 0 Å².